The van der Waals surface area contributed by atoms with Crippen LogP contribution in [0.15, 0.2) is 0 Å². The number of aromatic nitrogens is 2. The normalized spacial score (nSPS) is 24.2. The Balaban J connectivity index is 1.58. The van der Waals surface area contributed by atoms with E-state index in [1.807, 2.05) is 6.92 Å². The highest BCUT2D eigenvalue weighted by Gasteiger charge is 2.28. The van der Waals surface area contributed by atoms with Crippen molar-refractivity contribution in [2.45, 2.75) is 57.8 Å². The van der Waals surface area contributed by atoms with Crippen LogP contribution in [0.1, 0.15) is 60.9 Å². The number of rotatable bonds is 3. The van der Waals surface area contributed by atoms with Crippen molar-refractivity contribution in [3.05, 3.63) is 10.0 Å². The number of aryl methyl sites for hydroxylation is 1. The van der Waals surface area contributed by atoms with Gasteiger partial charge >= 0.3 is 0 Å². The molecule has 1 amide bonds. The fraction of sp³-hybridized carbons (Fsp3) is 0.800. The molecule has 0 bridgehead atoms. The van der Waals surface area contributed by atoms with Crippen LogP contribution in [0.5, 0.6) is 0 Å². The van der Waals surface area contributed by atoms with Crippen LogP contribution < -0.4 is 0 Å². The van der Waals surface area contributed by atoms with Gasteiger partial charge in [0, 0.05) is 25.4 Å². The van der Waals surface area contributed by atoms with Crippen molar-refractivity contribution in [2.75, 3.05) is 13.1 Å². The predicted molar refractivity (Wildman–Crippen MR) is 79.8 cm³/mol. The van der Waals surface area contributed by atoms with E-state index in [1.165, 1.54) is 25.7 Å². The monoisotopic (exact) mass is 293 g/mol. The van der Waals surface area contributed by atoms with Crippen molar-refractivity contribution in [1.29, 1.82) is 0 Å². The first-order chi connectivity index (χ1) is 9.72. The lowest BCUT2D eigenvalue weighted by Gasteiger charge is -2.32. The van der Waals surface area contributed by atoms with Gasteiger partial charge in [0.1, 0.15) is 10.0 Å². The molecule has 2 heterocycles. The van der Waals surface area contributed by atoms with Gasteiger partial charge in [-0.3, -0.25) is 4.79 Å². The lowest BCUT2D eigenvalue weighted by Crippen LogP contribution is -2.39. The Hall–Kier alpha value is -0.970. The molecular formula is C15H23N3OS. The number of nitrogens with zero attached hydrogens (tertiary/aromatic N) is 3. The lowest BCUT2D eigenvalue weighted by atomic mass is 9.97. The number of carbonyl (C=O) groups excluding carboxylic acids is 1. The van der Waals surface area contributed by atoms with Crippen molar-refractivity contribution in [3.8, 4) is 0 Å². The van der Waals surface area contributed by atoms with Gasteiger partial charge in [0.15, 0.2) is 0 Å². The molecule has 4 nitrogen and oxygen atoms in total. The molecule has 0 spiro atoms. The van der Waals surface area contributed by atoms with Gasteiger partial charge in [0.25, 0.3) is 0 Å². The van der Waals surface area contributed by atoms with Crippen molar-refractivity contribution >= 4 is 17.2 Å². The molecule has 1 unspecified atom stereocenters. The third kappa shape index (κ3) is 3.19. The largest absolute Gasteiger partial charge is 0.342 e. The summed E-state index contributed by atoms with van der Waals surface area (Å²) in [5, 5.41) is 10.5. The summed E-state index contributed by atoms with van der Waals surface area (Å²) in [6.07, 6.45) is 8.12. The molecule has 110 valence electrons. The minimum atomic E-state index is 0.364. The molecule has 20 heavy (non-hydrogen) atoms. The van der Waals surface area contributed by atoms with E-state index in [0.717, 1.165) is 42.4 Å². The van der Waals surface area contributed by atoms with Gasteiger partial charge in [-0.1, -0.05) is 12.8 Å². The summed E-state index contributed by atoms with van der Waals surface area (Å²) in [7, 11) is 0. The Morgan fingerprint density at radius 2 is 2.05 bits per heavy atom. The van der Waals surface area contributed by atoms with Gasteiger partial charge in [0.2, 0.25) is 5.91 Å². The maximum absolute atomic E-state index is 12.4. The zero-order valence-electron chi connectivity index (χ0n) is 12.2. The number of likely N-dealkylation sites (tertiary alicyclic amines) is 1. The third-order valence-electron chi connectivity index (χ3n) is 4.60. The fourth-order valence-corrected chi connectivity index (χ4v) is 4.30. The van der Waals surface area contributed by atoms with E-state index in [4.69, 9.17) is 0 Å². The maximum Gasteiger partial charge on any atom is 0.222 e. The molecule has 1 aliphatic carbocycles. The molecule has 3 rings (SSSR count). The molecule has 5 heteroatoms. The van der Waals surface area contributed by atoms with Crippen molar-refractivity contribution in [2.24, 2.45) is 5.92 Å². The van der Waals surface area contributed by atoms with E-state index in [9.17, 15) is 4.79 Å². The van der Waals surface area contributed by atoms with Gasteiger partial charge in [-0.05, 0) is 38.5 Å². The third-order valence-corrected chi connectivity index (χ3v) is 5.60. The summed E-state index contributed by atoms with van der Waals surface area (Å²) in [6, 6.07) is 0. The van der Waals surface area contributed by atoms with E-state index in [1.54, 1.807) is 11.3 Å². The minimum Gasteiger partial charge on any atom is -0.342 e. The van der Waals surface area contributed by atoms with Crippen LogP contribution in [-0.2, 0) is 4.79 Å². The SMILES string of the molecule is Cc1nnc(C2CCCN(C(=O)CC3CCCC3)C2)s1. The Morgan fingerprint density at radius 3 is 2.75 bits per heavy atom. The molecule has 0 radical (unpaired) electrons. The van der Waals surface area contributed by atoms with Crippen LogP contribution in [0.2, 0.25) is 0 Å². The summed E-state index contributed by atoms with van der Waals surface area (Å²) in [6.45, 7) is 3.77. The quantitative estimate of drug-likeness (QED) is 0.860. The molecule has 1 saturated carbocycles. The van der Waals surface area contributed by atoms with Gasteiger partial charge in [-0.15, -0.1) is 21.5 Å². The molecule has 1 saturated heterocycles. The van der Waals surface area contributed by atoms with E-state index >= 15 is 0 Å². The van der Waals surface area contributed by atoms with Gasteiger partial charge < -0.3 is 4.90 Å². The van der Waals surface area contributed by atoms with Crippen molar-refractivity contribution < 1.29 is 4.79 Å². The Bertz CT molecular complexity index is 467. The van der Waals surface area contributed by atoms with Crippen molar-refractivity contribution in [3.63, 3.8) is 0 Å². The van der Waals surface area contributed by atoms with Crippen LogP contribution in [0.3, 0.4) is 0 Å². The summed E-state index contributed by atoms with van der Waals surface area (Å²) < 4.78 is 0. The zero-order valence-corrected chi connectivity index (χ0v) is 13.0. The molecular weight excluding hydrogens is 270 g/mol. The van der Waals surface area contributed by atoms with E-state index in [-0.39, 0.29) is 0 Å². The zero-order chi connectivity index (χ0) is 13.9. The smallest absolute Gasteiger partial charge is 0.222 e. The average molecular weight is 293 g/mol. The Kier molecular flexibility index (Phi) is 4.34. The summed E-state index contributed by atoms with van der Waals surface area (Å²) in [5.74, 6) is 1.41. The fourth-order valence-electron chi connectivity index (χ4n) is 3.47. The number of hydrogen-bond donors (Lipinski definition) is 0. The highest BCUT2D eigenvalue weighted by molar-refractivity contribution is 7.11. The molecule has 0 aromatic carbocycles. The first-order valence-corrected chi connectivity index (χ1v) is 8.62. The highest BCUT2D eigenvalue weighted by atomic mass is 32.1. The average Bonchev–Trinajstić information content (AvgIpc) is 3.10. The van der Waals surface area contributed by atoms with Gasteiger partial charge in [0.05, 0.1) is 0 Å². The minimum absolute atomic E-state index is 0.364. The Morgan fingerprint density at radius 1 is 1.25 bits per heavy atom. The van der Waals surface area contributed by atoms with Gasteiger partial charge in [-0.2, -0.15) is 0 Å². The van der Waals surface area contributed by atoms with E-state index < -0.39 is 0 Å². The van der Waals surface area contributed by atoms with Crippen LogP contribution in [-0.4, -0.2) is 34.1 Å². The van der Waals surface area contributed by atoms with Crippen LogP contribution in [0, 0.1) is 12.8 Å². The second-order valence-electron chi connectivity index (χ2n) is 6.19. The molecule has 2 fully saturated rings. The molecule has 0 N–H and O–H groups in total. The van der Waals surface area contributed by atoms with Crippen LogP contribution in [0.25, 0.3) is 0 Å². The van der Waals surface area contributed by atoms with E-state index in [0.29, 0.717) is 17.7 Å². The molecule has 1 atom stereocenters. The second-order valence-corrected chi connectivity index (χ2v) is 7.41. The molecule has 1 aromatic rings. The standard InChI is InChI=1S/C15H23N3OS/c1-11-16-17-15(20-11)13-7-4-8-18(10-13)14(19)9-12-5-2-3-6-12/h12-13H,2-10H2,1H3. The lowest BCUT2D eigenvalue weighted by molar-refractivity contribution is -0.133. The summed E-state index contributed by atoms with van der Waals surface area (Å²) >= 11 is 1.68. The first kappa shape index (κ1) is 14.0. The molecule has 2 aliphatic rings. The number of amides is 1. The summed E-state index contributed by atoms with van der Waals surface area (Å²) in [5.41, 5.74) is 0. The van der Waals surface area contributed by atoms with E-state index in [2.05, 4.69) is 15.1 Å². The van der Waals surface area contributed by atoms with Crippen molar-refractivity contribution in [1.82, 2.24) is 15.1 Å². The summed E-state index contributed by atoms with van der Waals surface area (Å²) in [4.78, 5) is 14.5. The van der Waals surface area contributed by atoms with Crippen LogP contribution >= 0.6 is 11.3 Å². The van der Waals surface area contributed by atoms with Gasteiger partial charge in [-0.25, -0.2) is 0 Å². The maximum atomic E-state index is 12.4. The topological polar surface area (TPSA) is 46.1 Å². The number of hydrogen-bond acceptors (Lipinski definition) is 4. The highest BCUT2D eigenvalue weighted by Crippen LogP contribution is 2.31. The predicted octanol–water partition coefficient (Wildman–Crippen LogP) is 3.13. The number of carbonyl (C=O) groups is 1. The Labute approximate surface area is 124 Å². The van der Waals surface area contributed by atoms with Crippen LogP contribution in [0.4, 0.5) is 0 Å². The second kappa shape index (κ2) is 6.20. The molecule has 1 aliphatic heterocycles. The molecule has 1 aromatic heterocycles. The first-order valence-electron chi connectivity index (χ1n) is 7.80. The number of piperidine rings is 1.